The van der Waals surface area contributed by atoms with Gasteiger partial charge in [0.1, 0.15) is 0 Å². The van der Waals surface area contributed by atoms with Crippen molar-refractivity contribution >= 4 is 16.5 Å². The summed E-state index contributed by atoms with van der Waals surface area (Å²) >= 11 is 1.73. The Morgan fingerprint density at radius 3 is 2.75 bits per heavy atom. The number of anilines is 1. The molecule has 0 spiro atoms. The van der Waals surface area contributed by atoms with Gasteiger partial charge in [-0.25, -0.2) is 4.98 Å². The van der Waals surface area contributed by atoms with Crippen molar-refractivity contribution in [2.75, 3.05) is 18.0 Å². The molecular weight excluding hydrogens is 218 g/mol. The number of hydrogen-bond donors (Lipinski definition) is 1. The lowest BCUT2D eigenvalue weighted by atomic mass is 9.95. The van der Waals surface area contributed by atoms with Gasteiger partial charge in [0.25, 0.3) is 0 Å². The quantitative estimate of drug-likeness (QED) is 0.882. The van der Waals surface area contributed by atoms with Crippen LogP contribution in [-0.2, 0) is 0 Å². The van der Waals surface area contributed by atoms with E-state index in [4.69, 9.17) is 5.73 Å². The number of rotatable bonds is 3. The average Bonchev–Trinajstić information content (AvgIpc) is 2.78. The zero-order valence-corrected chi connectivity index (χ0v) is 11.0. The highest BCUT2D eigenvalue weighted by atomic mass is 32.1. The largest absolute Gasteiger partial charge is 0.348 e. The second-order valence-corrected chi connectivity index (χ2v) is 5.52. The van der Waals surface area contributed by atoms with Gasteiger partial charge in [0.2, 0.25) is 0 Å². The number of nitrogens with two attached hydrogens (primary N) is 1. The first-order valence-corrected chi connectivity index (χ1v) is 7.04. The van der Waals surface area contributed by atoms with E-state index in [0.29, 0.717) is 0 Å². The van der Waals surface area contributed by atoms with E-state index in [2.05, 4.69) is 22.2 Å². The highest BCUT2D eigenvalue weighted by Crippen LogP contribution is 2.28. The normalized spacial score (nSPS) is 20.1. The molecule has 1 saturated heterocycles. The van der Waals surface area contributed by atoms with Crippen molar-refractivity contribution in [3.63, 3.8) is 0 Å². The Labute approximate surface area is 102 Å². The third kappa shape index (κ3) is 2.55. The molecule has 0 amide bonds. The van der Waals surface area contributed by atoms with Gasteiger partial charge in [-0.05, 0) is 25.7 Å². The second kappa shape index (κ2) is 5.15. The fourth-order valence-electron chi connectivity index (χ4n) is 2.16. The summed E-state index contributed by atoms with van der Waals surface area (Å²) in [6.07, 6.45) is 3.93. The van der Waals surface area contributed by atoms with Crippen LogP contribution in [-0.4, -0.2) is 18.1 Å². The van der Waals surface area contributed by atoms with E-state index in [9.17, 15) is 0 Å². The molecule has 1 aliphatic heterocycles. The van der Waals surface area contributed by atoms with E-state index in [-0.39, 0.29) is 6.04 Å². The molecule has 0 radical (unpaired) electrons. The Morgan fingerprint density at radius 2 is 2.25 bits per heavy atom. The maximum absolute atomic E-state index is 5.83. The lowest BCUT2D eigenvalue weighted by Crippen LogP contribution is -2.33. The number of nitrogens with zero attached hydrogens (tertiary/aromatic N) is 2. The van der Waals surface area contributed by atoms with Gasteiger partial charge in [-0.2, -0.15) is 0 Å². The third-order valence-corrected chi connectivity index (χ3v) is 4.36. The van der Waals surface area contributed by atoms with Crippen LogP contribution in [0, 0.1) is 5.92 Å². The summed E-state index contributed by atoms with van der Waals surface area (Å²) in [5.74, 6) is 0.920. The summed E-state index contributed by atoms with van der Waals surface area (Å²) in [5.41, 5.74) is 6.85. The van der Waals surface area contributed by atoms with Crippen molar-refractivity contribution in [3.8, 4) is 0 Å². The fraction of sp³-hybridized carbons (Fsp3) is 0.750. The van der Waals surface area contributed by atoms with Crippen LogP contribution >= 0.6 is 11.3 Å². The smallest absolute Gasteiger partial charge is 0.185 e. The summed E-state index contributed by atoms with van der Waals surface area (Å²) in [4.78, 5) is 7.01. The van der Waals surface area contributed by atoms with Crippen LogP contribution in [0.1, 0.15) is 44.8 Å². The zero-order chi connectivity index (χ0) is 11.5. The Morgan fingerprint density at radius 1 is 1.56 bits per heavy atom. The van der Waals surface area contributed by atoms with Crippen LogP contribution in [0.4, 0.5) is 5.13 Å². The number of aromatic nitrogens is 1. The summed E-state index contributed by atoms with van der Waals surface area (Å²) < 4.78 is 0. The molecular formula is C12H21N3S. The monoisotopic (exact) mass is 239 g/mol. The summed E-state index contributed by atoms with van der Waals surface area (Å²) in [5, 5.41) is 3.24. The molecule has 0 aromatic carbocycles. The summed E-state index contributed by atoms with van der Waals surface area (Å²) in [7, 11) is 0. The first-order chi connectivity index (χ1) is 7.70. The summed E-state index contributed by atoms with van der Waals surface area (Å²) in [6.45, 7) is 6.59. The standard InChI is InChI=1S/C12H21N3S/c1-3-10-4-6-15(7-5-10)12-14-11(8-16-12)9(2)13/h8-10H,3-7,13H2,1-2H3. The molecule has 0 aliphatic carbocycles. The van der Waals surface area contributed by atoms with E-state index < -0.39 is 0 Å². The van der Waals surface area contributed by atoms with Gasteiger partial charge in [0, 0.05) is 24.5 Å². The van der Waals surface area contributed by atoms with E-state index in [1.807, 2.05) is 6.92 Å². The van der Waals surface area contributed by atoms with Crippen molar-refractivity contribution in [1.82, 2.24) is 4.98 Å². The predicted octanol–water partition coefficient (Wildman–Crippen LogP) is 2.79. The molecule has 1 aromatic rings. The lowest BCUT2D eigenvalue weighted by Gasteiger charge is -2.31. The molecule has 16 heavy (non-hydrogen) atoms. The Hall–Kier alpha value is -0.610. The molecule has 0 saturated carbocycles. The van der Waals surface area contributed by atoms with Crippen LogP contribution in [0.15, 0.2) is 5.38 Å². The molecule has 1 fully saturated rings. The summed E-state index contributed by atoms with van der Waals surface area (Å²) in [6, 6.07) is 0.0539. The van der Waals surface area contributed by atoms with Gasteiger partial charge in [0.15, 0.2) is 5.13 Å². The van der Waals surface area contributed by atoms with Crippen LogP contribution in [0.2, 0.25) is 0 Å². The molecule has 2 rings (SSSR count). The van der Waals surface area contributed by atoms with E-state index in [1.54, 1.807) is 11.3 Å². The molecule has 4 heteroatoms. The molecule has 1 aliphatic rings. The van der Waals surface area contributed by atoms with Crippen LogP contribution in [0.5, 0.6) is 0 Å². The van der Waals surface area contributed by atoms with Crippen molar-refractivity contribution < 1.29 is 0 Å². The molecule has 90 valence electrons. The molecule has 3 nitrogen and oxygen atoms in total. The Bertz CT molecular complexity index is 327. The minimum absolute atomic E-state index is 0.0539. The average molecular weight is 239 g/mol. The lowest BCUT2D eigenvalue weighted by molar-refractivity contribution is 0.395. The van der Waals surface area contributed by atoms with Gasteiger partial charge in [0.05, 0.1) is 5.69 Å². The van der Waals surface area contributed by atoms with E-state index in [0.717, 1.165) is 29.8 Å². The molecule has 1 unspecified atom stereocenters. The van der Waals surface area contributed by atoms with Crippen LogP contribution in [0.25, 0.3) is 0 Å². The second-order valence-electron chi connectivity index (χ2n) is 4.68. The topological polar surface area (TPSA) is 42.2 Å². The molecule has 0 bridgehead atoms. The van der Waals surface area contributed by atoms with Crippen LogP contribution < -0.4 is 10.6 Å². The van der Waals surface area contributed by atoms with Gasteiger partial charge >= 0.3 is 0 Å². The highest BCUT2D eigenvalue weighted by molar-refractivity contribution is 7.13. The first-order valence-electron chi connectivity index (χ1n) is 6.16. The highest BCUT2D eigenvalue weighted by Gasteiger charge is 2.20. The SMILES string of the molecule is CCC1CCN(c2nc(C(C)N)cs2)CC1. The number of thiazole rings is 1. The first kappa shape index (κ1) is 11.9. The van der Waals surface area contributed by atoms with Gasteiger partial charge in [-0.3, -0.25) is 0 Å². The van der Waals surface area contributed by atoms with Crippen molar-refractivity contribution in [2.45, 2.75) is 39.2 Å². The molecule has 2 heterocycles. The Kier molecular flexibility index (Phi) is 3.82. The number of hydrogen-bond acceptors (Lipinski definition) is 4. The van der Waals surface area contributed by atoms with E-state index in [1.165, 1.54) is 19.3 Å². The maximum atomic E-state index is 5.83. The predicted molar refractivity (Wildman–Crippen MR) is 69.9 cm³/mol. The zero-order valence-electron chi connectivity index (χ0n) is 10.1. The van der Waals surface area contributed by atoms with Crippen molar-refractivity contribution in [2.24, 2.45) is 11.7 Å². The van der Waals surface area contributed by atoms with Gasteiger partial charge in [-0.1, -0.05) is 13.3 Å². The van der Waals surface area contributed by atoms with Crippen molar-refractivity contribution in [1.29, 1.82) is 0 Å². The van der Waals surface area contributed by atoms with Gasteiger partial charge in [-0.15, -0.1) is 11.3 Å². The minimum Gasteiger partial charge on any atom is -0.348 e. The molecule has 1 atom stereocenters. The molecule has 2 N–H and O–H groups in total. The van der Waals surface area contributed by atoms with Gasteiger partial charge < -0.3 is 10.6 Å². The maximum Gasteiger partial charge on any atom is 0.185 e. The Balaban J connectivity index is 1.97. The van der Waals surface area contributed by atoms with Crippen molar-refractivity contribution in [3.05, 3.63) is 11.1 Å². The molecule has 1 aromatic heterocycles. The number of piperidine rings is 1. The fourth-order valence-corrected chi connectivity index (χ4v) is 3.15. The van der Waals surface area contributed by atoms with Crippen LogP contribution in [0.3, 0.4) is 0 Å². The van der Waals surface area contributed by atoms with E-state index >= 15 is 0 Å². The third-order valence-electron chi connectivity index (χ3n) is 3.44. The minimum atomic E-state index is 0.0539.